The minimum atomic E-state index is -4.08. The molecule has 0 saturated carbocycles. The third kappa shape index (κ3) is 7.69. The number of carbonyl (C=O) groups is 2. The Bertz CT molecular complexity index is 1370. The molecular formula is C31H39N3O4S. The topological polar surface area (TPSA) is 86.8 Å². The van der Waals surface area contributed by atoms with E-state index in [1.165, 1.54) is 21.3 Å². The summed E-state index contributed by atoms with van der Waals surface area (Å²) in [4.78, 5) is 28.7. The Morgan fingerprint density at radius 1 is 0.897 bits per heavy atom. The Hall–Kier alpha value is -3.65. The van der Waals surface area contributed by atoms with Crippen LogP contribution in [0.15, 0.2) is 83.8 Å². The highest BCUT2D eigenvalue weighted by molar-refractivity contribution is 7.92. The van der Waals surface area contributed by atoms with Crippen LogP contribution in [0.4, 0.5) is 5.69 Å². The van der Waals surface area contributed by atoms with Gasteiger partial charge in [-0.25, -0.2) is 8.42 Å². The molecule has 1 atom stereocenters. The van der Waals surface area contributed by atoms with E-state index in [-0.39, 0.29) is 23.3 Å². The van der Waals surface area contributed by atoms with Gasteiger partial charge in [-0.1, -0.05) is 87.0 Å². The summed E-state index contributed by atoms with van der Waals surface area (Å²) in [5, 5.41) is 2.91. The molecule has 8 heteroatoms. The largest absolute Gasteiger partial charge is 0.354 e. The van der Waals surface area contributed by atoms with E-state index in [9.17, 15) is 18.0 Å². The average molecular weight is 550 g/mol. The zero-order valence-corrected chi connectivity index (χ0v) is 24.2. The maximum Gasteiger partial charge on any atom is 0.264 e. The molecule has 0 fully saturated rings. The standard InChI is InChI=1S/C31H39N3O4S/c1-6-27-15-10-11-18-29(27)34(39(37,38)28-16-8-7-9-17-28)22-30(35)33(21-26-14-12-13-24(4)19-26)25(5)31(36)32-20-23(2)3/h7-19,23,25H,6,20-22H2,1-5H3,(H,32,36)/t25-/m0/s1. The molecular weight excluding hydrogens is 510 g/mol. The second-order valence-corrected chi connectivity index (χ2v) is 12.0. The number of nitrogens with zero attached hydrogens (tertiary/aromatic N) is 2. The SMILES string of the molecule is CCc1ccccc1N(CC(=O)N(Cc1cccc(C)c1)[C@@H](C)C(=O)NCC(C)C)S(=O)(=O)c1ccccc1. The molecule has 0 aromatic heterocycles. The number of sulfonamides is 1. The monoisotopic (exact) mass is 549 g/mol. The molecule has 3 aromatic carbocycles. The van der Waals surface area contributed by atoms with Gasteiger partial charge in [-0.2, -0.15) is 0 Å². The van der Waals surface area contributed by atoms with Crippen LogP contribution in [0.2, 0.25) is 0 Å². The number of amides is 2. The fourth-order valence-electron chi connectivity index (χ4n) is 4.33. The third-order valence-electron chi connectivity index (χ3n) is 6.54. The molecule has 0 aliphatic rings. The van der Waals surface area contributed by atoms with Gasteiger partial charge in [0.05, 0.1) is 10.6 Å². The first-order valence-electron chi connectivity index (χ1n) is 13.3. The van der Waals surface area contributed by atoms with E-state index in [0.29, 0.717) is 18.7 Å². The van der Waals surface area contributed by atoms with Gasteiger partial charge in [0.1, 0.15) is 12.6 Å². The molecule has 208 valence electrons. The van der Waals surface area contributed by atoms with E-state index in [1.54, 1.807) is 37.3 Å². The van der Waals surface area contributed by atoms with Gasteiger partial charge < -0.3 is 10.2 Å². The van der Waals surface area contributed by atoms with E-state index >= 15 is 0 Å². The fraction of sp³-hybridized carbons (Fsp3) is 0.355. The van der Waals surface area contributed by atoms with Gasteiger partial charge in [-0.15, -0.1) is 0 Å². The zero-order valence-electron chi connectivity index (χ0n) is 23.4. The van der Waals surface area contributed by atoms with Crippen molar-refractivity contribution in [1.82, 2.24) is 10.2 Å². The molecule has 39 heavy (non-hydrogen) atoms. The number of aryl methyl sites for hydroxylation is 2. The lowest BCUT2D eigenvalue weighted by Gasteiger charge is -2.32. The highest BCUT2D eigenvalue weighted by Crippen LogP contribution is 2.28. The Balaban J connectivity index is 2.04. The number of hydrogen-bond donors (Lipinski definition) is 1. The van der Waals surface area contributed by atoms with E-state index in [0.717, 1.165) is 16.7 Å². The summed E-state index contributed by atoms with van der Waals surface area (Å²) < 4.78 is 29.0. The first kappa shape index (κ1) is 29.9. The van der Waals surface area contributed by atoms with Gasteiger partial charge in [0.2, 0.25) is 11.8 Å². The molecule has 0 heterocycles. The highest BCUT2D eigenvalue weighted by Gasteiger charge is 2.33. The van der Waals surface area contributed by atoms with Crippen LogP contribution < -0.4 is 9.62 Å². The second kappa shape index (κ2) is 13.4. The molecule has 7 nitrogen and oxygen atoms in total. The number of nitrogens with one attached hydrogen (secondary N) is 1. The summed E-state index contributed by atoms with van der Waals surface area (Å²) in [5.74, 6) is -0.496. The van der Waals surface area contributed by atoms with Gasteiger partial charge in [-0.05, 0) is 55.5 Å². The van der Waals surface area contributed by atoms with E-state index in [1.807, 2.05) is 64.1 Å². The Labute approximate surface area is 232 Å². The van der Waals surface area contributed by atoms with Crippen LogP contribution in [0.25, 0.3) is 0 Å². The summed E-state index contributed by atoms with van der Waals surface area (Å²) in [6, 6.07) is 22.2. The Morgan fingerprint density at radius 3 is 2.21 bits per heavy atom. The van der Waals surface area contributed by atoms with Crippen molar-refractivity contribution in [1.29, 1.82) is 0 Å². The zero-order chi connectivity index (χ0) is 28.6. The first-order valence-corrected chi connectivity index (χ1v) is 14.8. The molecule has 3 aromatic rings. The molecule has 0 radical (unpaired) electrons. The Kier molecular flexibility index (Phi) is 10.3. The molecule has 2 amide bonds. The summed E-state index contributed by atoms with van der Waals surface area (Å²) in [6.45, 7) is 9.79. The summed E-state index contributed by atoms with van der Waals surface area (Å²) >= 11 is 0. The second-order valence-electron chi connectivity index (χ2n) is 10.1. The number of benzene rings is 3. The maximum absolute atomic E-state index is 14.0. The third-order valence-corrected chi connectivity index (χ3v) is 8.31. The van der Waals surface area contributed by atoms with E-state index < -0.39 is 28.5 Å². The molecule has 1 N–H and O–H groups in total. The van der Waals surface area contributed by atoms with Crippen molar-refractivity contribution in [2.45, 2.75) is 58.5 Å². The minimum absolute atomic E-state index is 0.0941. The van der Waals surface area contributed by atoms with Crippen molar-refractivity contribution in [2.75, 3.05) is 17.4 Å². The predicted octanol–water partition coefficient (Wildman–Crippen LogP) is 4.94. The molecule has 3 rings (SSSR count). The van der Waals surface area contributed by atoms with Gasteiger partial charge in [0.25, 0.3) is 10.0 Å². The van der Waals surface area contributed by atoms with Crippen LogP contribution in [0.5, 0.6) is 0 Å². The van der Waals surface area contributed by atoms with Crippen molar-refractivity contribution in [3.05, 3.63) is 95.6 Å². The van der Waals surface area contributed by atoms with Gasteiger partial charge in [0, 0.05) is 13.1 Å². The maximum atomic E-state index is 14.0. The normalized spacial score (nSPS) is 12.2. The lowest BCUT2D eigenvalue weighted by molar-refractivity contribution is -0.139. The Morgan fingerprint density at radius 2 is 1.56 bits per heavy atom. The number of carbonyl (C=O) groups excluding carboxylic acids is 2. The lowest BCUT2D eigenvalue weighted by Crippen LogP contribution is -2.51. The van der Waals surface area contributed by atoms with Crippen molar-refractivity contribution >= 4 is 27.5 Å². The van der Waals surface area contributed by atoms with Crippen LogP contribution in [0, 0.1) is 12.8 Å². The van der Waals surface area contributed by atoms with Crippen molar-refractivity contribution < 1.29 is 18.0 Å². The molecule has 0 spiro atoms. The number of anilines is 1. The first-order chi connectivity index (χ1) is 18.5. The molecule has 0 unspecified atom stereocenters. The number of hydrogen-bond acceptors (Lipinski definition) is 4. The van der Waals surface area contributed by atoms with Crippen molar-refractivity contribution in [3.8, 4) is 0 Å². The molecule has 0 aliphatic carbocycles. The summed E-state index contributed by atoms with van der Waals surface area (Å²) in [5.41, 5.74) is 3.14. The molecule has 0 aliphatic heterocycles. The average Bonchev–Trinajstić information content (AvgIpc) is 2.93. The molecule has 0 saturated heterocycles. The van der Waals surface area contributed by atoms with Crippen molar-refractivity contribution in [2.24, 2.45) is 5.92 Å². The van der Waals surface area contributed by atoms with Crippen LogP contribution in [-0.2, 0) is 32.6 Å². The molecule has 0 bridgehead atoms. The van der Waals surface area contributed by atoms with Crippen molar-refractivity contribution in [3.63, 3.8) is 0 Å². The predicted molar refractivity (Wildman–Crippen MR) is 156 cm³/mol. The smallest absolute Gasteiger partial charge is 0.264 e. The quantitative estimate of drug-likeness (QED) is 0.347. The summed E-state index contributed by atoms with van der Waals surface area (Å²) in [7, 11) is -4.08. The van der Waals surface area contributed by atoms with Crippen LogP contribution in [0.3, 0.4) is 0 Å². The lowest BCUT2D eigenvalue weighted by atomic mass is 10.1. The summed E-state index contributed by atoms with van der Waals surface area (Å²) in [6.07, 6.45) is 0.589. The highest BCUT2D eigenvalue weighted by atomic mass is 32.2. The van der Waals surface area contributed by atoms with Crippen LogP contribution in [-0.4, -0.2) is 44.3 Å². The van der Waals surface area contributed by atoms with E-state index in [4.69, 9.17) is 0 Å². The number of para-hydroxylation sites is 1. The van der Waals surface area contributed by atoms with Gasteiger partial charge >= 0.3 is 0 Å². The minimum Gasteiger partial charge on any atom is -0.354 e. The number of rotatable bonds is 12. The fourth-order valence-corrected chi connectivity index (χ4v) is 5.80. The van der Waals surface area contributed by atoms with Crippen LogP contribution in [0.1, 0.15) is 44.4 Å². The van der Waals surface area contributed by atoms with E-state index in [2.05, 4.69) is 5.32 Å². The van der Waals surface area contributed by atoms with Gasteiger partial charge in [0.15, 0.2) is 0 Å². The van der Waals surface area contributed by atoms with Crippen LogP contribution >= 0.6 is 0 Å². The van der Waals surface area contributed by atoms with Gasteiger partial charge in [-0.3, -0.25) is 13.9 Å².